The van der Waals surface area contributed by atoms with Gasteiger partial charge in [0, 0.05) is 32.2 Å². The van der Waals surface area contributed by atoms with E-state index in [1.54, 1.807) is 11.9 Å². The van der Waals surface area contributed by atoms with E-state index in [0.717, 1.165) is 6.42 Å². The number of hydrogen-bond acceptors (Lipinski definition) is 3. The van der Waals surface area contributed by atoms with Crippen LogP contribution in [0.3, 0.4) is 0 Å². The van der Waals surface area contributed by atoms with Crippen LogP contribution in [-0.2, 0) is 9.59 Å². The van der Waals surface area contributed by atoms with Crippen LogP contribution in [0.2, 0.25) is 0 Å². The van der Waals surface area contributed by atoms with E-state index in [2.05, 4.69) is 5.32 Å². The zero-order chi connectivity index (χ0) is 13.1. The highest BCUT2D eigenvalue weighted by molar-refractivity contribution is 5.89. The van der Waals surface area contributed by atoms with Crippen molar-refractivity contribution < 1.29 is 14.7 Å². The molecule has 2 N–H and O–H groups in total. The summed E-state index contributed by atoms with van der Waals surface area (Å²) in [6.45, 7) is 4.43. The van der Waals surface area contributed by atoms with E-state index in [9.17, 15) is 9.59 Å². The predicted molar refractivity (Wildman–Crippen MR) is 64.3 cm³/mol. The van der Waals surface area contributed by atoms with E-state index in [1.807, 2.05) is 13.8 Å². The Morgan fingerprint density at radius 1 is 1.65 bits per heavy atom. The number of nitrogens with one attached hydrogen (secondary N) is 1. The van der Waals surface area contributed by atoms with Crippen molar-refractivity contribution in [3.05, 3.63) is 0 Å². The Morgan fingerprint density at radius 3 is 2.71 bits per heavy atom. The molecule has 0 radical (unpaired) electrons. The summed E-state index contributed by atoms with van der Waals surface area (Å²) in [4.78, 5) is 25.0. The largest absolute Gasteiger partial charge is 0.396 e. The molecule has 98 valence electrons. The Labute approximate surface area is 102 Å². The molecule has 0 aliphatic carbocycles. The first-order chi connectivity index (χ1) is 7.91. The first-order valence-corrected chi connectivity index (χ1v) is 6.08. The number of aliphatic hydroxyl groups is 1. The van der Waals surface area contributed by atoms with Crippen molar-refractivity contribution in [3.8, 4) is 0 Å². The van der Waals surface area contributed by atoms with Crippen LogP contribution in [0.1, 0.15) is 33.1 Å². The molecule has 1 fully saturated rings. The highest BCUT2D eigenvalue weighted by Crippen LogP contribution is 2.19. The minimum absolute atomic E-state index is 0.0190. The average Bonchev–Trinajstić information content (AvgIpc) is 2.60. The van der Waals surface area contributed by atoms with E-state index in [1.165, 1.54) is 0 Å². The van der Waals surface area contributed by atoms with Gasteiger partial charge in [-0.15, -0.1) is 0 Å². The molecule has 1 heterocycles. The molecule has 0 aromatic rings. The number of hydrogen-bond donors (Lipinski definition) is 2. The maximum Gasteiger partial charge on any atom is 0.225 e. The maximum absolute atomic E-state index is 12.0. The predicted octanol–water partition coefficient (Wildman–Crippen LogP) is 0.132. The summed E-state index contributed by atoms with van der Waals surface area (Å²) in [6.07, 6.45) is 1.59. The van der Waals surface area contributed by atoms with Crippen LogP contribution in [0.25, 0.3) is 0 Å². The maximum atomic E-state index is 12.0. The van der Waals surface area contributed by atoms with E-state index < -0.39 is 0 Å². The third-order valence-corrected chi connectivity index (χ3v) is 3.58. The molecule has 17 heavy (non-hydrogen) atoms. The molecule has 0 aromatic carbocycles. The summed E-state index contributed by atoms with van der Waals surface area (Å²) < 4.78 is 0. The molecule has 2 atom stereocenters. The van der Waals surface area contributed by atoms with Crippen molar-refractivity contribution in [2.75, 3.05) is 20.2 Å². The lowest BCUT2D eigenvalue weighted by atomic mass is 9.93. The Hall–Kier alpha value is -1.10. The monoisotopic (exact) mass is 242 g/mol. The van der Waals surface area contributed by atoms with E-state index >= 15 is 0 Å². The molecule has 0 saturated carbocycles. The highest BCUT2D eigenvalue weighted by Gasteiger charge is 2.35. The quantitative estimate of drug-likeness (QED) is 0.720. The molecule has 1 aliphatic heterocycles. The SMILES string of the molecule is CCC(C)(CCO)NC(=O)C1CC(=O)N(C)C1. The first-order valence-electron chi connectivity index (χ1n) is 6.08. The Bertz CT molecular complexity index is 306. The second-order valence-electron chi connectivity index (χ2n) is 5.05. The highest BCUT2D eigenvalue weighted by atomic mass is 16.3. The fourth-order valence-corrected chi connectivity index (χ4v) is 2.01. The van der Waals surface area contributed by atoms with Crippen molar-refractivity contribution in [2.45, 2.75) is 38.6 Å². The third-order valence-electron chi connectivity index (χ3n) is 3.58. The minimum Gasteiger partial charge on any atom is -0.396 e. The topological polar surface area (TPSA) is 69.6 Å². The van der Waals surface area contributed by atoms with Crippen molar-refractivity contribution in [2.24, 2.45) is 5.92 Å². The molecule has 1 aliphatic rings. The molecule has 5 heteroatoms. The van der Waals surface area contributed by atoms with E-state index in [-0.39, 0.29) is 29.9 Å². The Morgan fingerprint density at radius 2 is 2.29 bits per heavy atom. The Kier molecular flexibility index (Phi) is 4.51. The van der Waals surface area contributed by atoms with Gasteiger partial charge in [-0.2, -0.15) is 0 Å². The summed E-state index contributed by atoms with van der Waals surface area (Å²) in [5.41, 5.74) is -0.379. The van der Waals surface area contributed by atoms with Gasteiger partial charge in [-0.1, -0.05) is 6.92 Å². The lowest BCUT2D eigenvalue weighted by Crippen LogP contribution is -2.48. The number of aliphatic hydroxyl groups excluding tert-OH is 1. The van der Waals surface area contributed by atoms with E-state index in [4.69, 9.17) is 5.11 Å². The van der Waals surface area contributed by atoms with Crippen molar-refractivity contribution in [1.29, 1.82) is 0 Å². The number of likely N-dealkylation sites (tertiary alicyclic amines) is 1. The molecule has 5 nitrogen and oxygen atoms in total. The van der Waals surface area contributed by atoms with Gasteiger partial charge in [-0.25, -0.2) is 0 Å². The van der Waals surface area contributed by atoms with Gasteiger partial charge in [-0.3, -0.25) is 9.59 Å². The van der Waals surface area contributed by atoms with Gasteiger partial charge in [0.15, 0.2) is 0 Å². The van der Waals surface area contributed by atoms with Gasteiger partial charge in [0.1, 0.15) is 0 Å². The summed E-state index contributed by atoms with van der Waals surface area (Å²) in [7, 11) is 1.71. The smallest absolute Gasteiger partial charge is 0.225 e. The summed E-state index contributed by atoms with van der Waals surface area (Å²) in [5.74, 6) is -0.317. The van der Waals surface area contributed by atoms with Crippen LogP contribution in [0.5, 0.6) is 0 Å². The second-order valence-corrected chi connectivity index (χ2v) is 5.05. The standard InChI is InChI=1S/C12H22N2O3/c1-4-12(2,5-6-15)13-11(17)9-7-10(16)14(3)8-9/h9,15H,4-8H2,1-3H3,(H,13,17). The minimum atomic E-state index is -0.379. The molecule has 0 bridgehead atoms. The number of rotatable bonds is 5. The molecule has 1 saturated heterocycles. The molecular weight excluding hydrogens is 220 g/mol. The summed E-state index contributed by atoms with van der Waals surface area (Å²) in [5, 5.41) is 11.9. The van der Waals surface area contributed by atoms with Crippen molar-refractivity contribution >= 4 is 11.8 Å². The molecule has 2 unspecified atom stereocenters. The van der Waals surface area contributed by atoms with Gasteiger partial charge in [0.25, 0.3) is 0 Å². The first kappa shape index (κ1) is 14.0. The lowest BCUT2D eigenvalue weighted by Gasteiger charge is -2.30. The van der Waals surface area contributed by atoms with Gasteiger partial charge >= 0.3 is 0 Å². The fraction of sp³-hybridized carbons (Fsp3) is 0.833. The van der Waals surface area contributed by atoms with Gasteiger partial charge < -0.3 is 15.3 Å². The summed E-state index contributed by atoms with van der Waals surface area (Å²) in [6, 6.07) is 0. The van der Waals surface area contributed by atoms with Crippen LogP contribution in [0.4, 0.5) is 0 Å². The molecule has 1 rings (SSSR count). The van der Waals surface area contributed by atoms with Gasteiger partial charge in [0.2, 0.25) is 11.8 Å². The molecule has 0 aromatic heterocycles. The fourth-order valence-electron chi connectivity index (χ4n) is 2.01. The zero-order valence-electron chi connectivity index (χ0n) is 10.8. The number of carbonyl (C=O) groups excluding carboxylic acids is 2. The third kappa shape index (κ3) is 3.43. The summed E-state index contributed by atoms with van der Waals surface area (Å²) >= 11 is 0. The van der Waals surface area contributed by atoms with Crippen LogP contribution in [-0.4, -0.2) is 47.6 Å². The number of nitrogens with zero attached hydrogens (tertiary/aromatic N) is 1. The zero-order valence-corrected chi connectivity index (χ0v) is 10.8. The van der Waals surface area contributed by atoms with E-state index in [0.29, 0.717) is 19.4 Å². The Balaban J connectivity index is 2.57. The second kappa shape index (κ2) is 5.49. The molecule has 0 spiro atoms. The van der Waals surface area contributed by atoms with Gasteiger partial charge in [0.05, 0.1) is 5.92 Å². The number of amides is 2. The lowest BCUT2D eigenvalue weighted by molar-refractivity contribution is -0.129. The number of carbonyl (C=O) groups is 2. The molecule has 2 amide bonds. The van der Waals surface area contributed by atoms with Gasteiger partial charge in [-0.05, 0) is 19.8 Å². The van der Waals surface area contributed by atoms with Crippen LogP contribution in [0.15, 0.2) is 0 Å². The normalized spacial score (nSPS) is 23.6. The van der Waals surface area contributed by atoms with Crippen molar-refractivity contribution in [3.63, 3.8) is 0 Å². The molecular formula is C12H22N2O3. The van der Waals surface area contributed by atoms with Crippen LogP contribution >= 0.6 is 0 Å². The van der Waals surface area contributed by atoms with Crippen molar-refractivity contribution in [1.82, 2.24) is 10.2 Å². The average molecular weight is 242 g/mol. The van der Waals surface area contributed by atoms with Crippen LogP contribution < -0.4 is 5.32 Å². The van der Waals surface area contributed by atoms with Crippen LogP contribution in [0, 0.1) is 5.92 Å².